The summed E-state index contributed by atoms with van der Waals surface area (Å²) in [6.45, 7) is 2.02. The highest BCUT2D eigenvalue weighted by atomic mass is 35.5. The number of H-pyrrole nitrogens is 1. The van der Waals surface area contributed by atoms with Crippen molar-refractivity contribution in [2.45, 2.75) is 13.5 Å². The monoisotopic (exact) mass is 407 g/mol. The van der Waals surface area contributed by atoms with Gasteiger partial charge in [0.2, 0.25) is 0 Å². The fraction of sp³-hybridized carbons (Fsp3) is 0.0952. The van der Waals surface area contributed by atoms with Gasteiger partial charge in [0.15, 0.2) is 0 Å². The molecule has 4 aromatic rings. The molecule has 3 N–H and O–H groups in total. The quantitative estimate of drug-likeness (QED) is 0.477. The van der Waals surface area contributed by atoms with Gasteiger partial charge in [-0.3, -0.25) is 4.79 Å². The van der Waals surface area contributed by atoms with Gasteiger partial charge in [0.1, 0.15) is 5.69 Å². The summed E-state index contributed by atoms with van der Waals surface area (Å²) in [6.07, 6.45) is 3.74. The Labute approximate surface area is 171 Å². The Kier molecular flexibility index (Phi) is 5.05. The number of urea groups is 1. The van der Waals surface area contributed by atoms with Crippen molar-refractivity contribution in [1.82, 2.24) is 19.9 Å². The van der Waals surface area contributed by atoms with Crippen LogP contribution in [0.5, 0.6) is 0 Å². The van der Waals surface area contributed by atoms with Gasteiger partial charge in [-0.2, -0.15) is 0 Å². The molecular weight excluding hydrogens is 390 g/mol. The Bertz CT molecular complexity index is 1250. The Hall–Kier alpha value is -3.58. The molecule has 0 aliphatic rings. The van der Waals surface area contributed by atoms with E-state index in [0.717, 1.165) is 16.9 Å². The fourth-order valence-corrected chi connectivity index (χ4v) is 3.22. The number of aryl methyl sites for hydroxylation is 1. The van der Waals surface area contributed by atoms with Crippen LogP contribution < -0.4 is 16.2 Å². The molecule has 0 unspecified atom stereocenters. The predicted molar refractivity (Wildman–Crippen MR) is 114 cm³/mol. The average Bonchev–Trinajstić information content (AvgIpc) is 3.17. The van der Waals surface area contributed by atoms with Crippen LogP contribution in [-0.2, 0) is 6.54 Å². The third kappa shape index (κ3) is 4.14. The molecule has 0 radical (unpaired) electrons. The van der Waals surface area contributed by atoms with Gasteiger partial charge in [-0.25, -0.2) is 9.78 Å². The number of amides is 2. The maximum atomic E-state index is 12.0. The SMILES string of the molecule is Cc1nc2cc(-n3ccc(CNC(=O)Nc4ccccc4)c3)c(Cl)cc2[nH]c1=O. The lowest BCUT2D eigenvalue weighted by Crippen LogP contribution is -2.27. The Balaban J connectivity index is 1.50. The lowest BCUT2D eigenvalue weighted by atomic mass is 10.2. The number of carbonyl (C=O) groups is 1. The number of rotatable bonds is 4. The van der Waals surface area contributed by atoms with E-state index in [2.05, 4.69) is 20.6 Å². The number of fused-ring (bicyclic) bond motifs is 1. The largest absolute Gasteiger partial charge is 0.334 e. The predicted octanol–water partition coefficient (Wildman–Crippen LogP) is 4.00. The van der Waals surface area contributed by atoms with Gasteiger partial charge in [0.25, 0.3) is 5.56 Å². The highest BCUT2D eigenvalue weighted by molar-refractivity contribution is 6.33. The molecule has 4 rings (SSSR count). The van der Waals surface area contributed by atoms with Gasteiger partial charge >= 0.3 is 6.03 Å². The number of hydrogen-bond donors (Lipinski definition) is 3. The van der Waals surface area contributed by atoms with Crippen molar-refractivity contribution in [2.24, 2.45) is 0 Å². The van der Waals surface area contributed by atoms with Crippen molar-refractivity contribution in [3.8, 4) is 5.69 Å². The topological polar surface area (TPSA) is 91.8 Å². The van der Waals surface area contributed by atoms with E-state index in [4.69, 9.17) is 11.6 Å². The van der Waals surface area contributed by atoms with Crippen molar-refractivity contribution >= 4 is 34.4 Å². The lowest BCUT2D eigenvalue weighted by Gasteiger charge is -2.08. The van der Waals surface area contributed by atoms with Gasteiger partial charge < -0.3 is 20.2 Å². The Morgan fingerprint density at radius 2 is 2.00 bits per heavy atom. The minimum absolute atomic E-state index is 0.232. The zero-order valence-corrected chi connectivity index (χ0v) is 16.3. The van der Waals surface area contributed by atoms with E-state index in [1.54, 1.807) is 13.0 Å². The van der Waals surface area contributed by atoms with Crippen molar-refractivity contribution in [3.63, 3.8) is 0 Å². The molecule has 0 spiro atoms. The number of benzene rings is 2. The van der Waals surface area contributed by atoms with E-state index in [1.165, 1.54) is 0 Å². The molecule has 8 heteroatoms. The summed E-state index contributed by atoms with van der Waals surface area (Å²) < 4.78 is 1.86. The van der Waals surface area contributed by atoms with E-state index in [-0.39, 0.29) is 11.6 Å². The fourth-order valence-electron chi connectivity index (χ4n) is 2.96. The molecule has 7 nitrogen and oxygen atoms in total. The number of halogens is 1. The van der Waals surface area contributed by atoms with Gasteiger partial charge in [0, 0.05) is 24.6 Å². The van der Waals surface area contributed by atoms with E-state index in [1.807, 2.05) is 59.4 Å². The van der Waals surface area contributed by atoms with Gasteiger partial charge in [-0.1, -0.05) is 29.8 Å². The van der Waals surface area contributed by atoms with Crippen LogP contribution in [0.2, 0.25) is 5.02 Å². The first-order valence-electron chi connectivity index (χ1n) is 8.97. The van der Waals surface area contributed by atoms with Crippen molar-refractivity contribution in [2.75, 3.05) is 5.32 Å². The number of carbonyl (C=O) groups excluding carboxylic acids is 1. The maximum Gasteiger partial charge on any atom is 0.319 e. The third-order valence-corrected chi connectivity index (χ3v) is 4.75. The summed E-state index contributed by atoms with van der Waals surface area (Å²) in [7, 11) is 0. The molecule has 2 aromatic heterocycles. The van der Waals surface area contributed by atoms with Crippen LogP contribution in [0.4, 0.5) is 10.5 Å². The second kappa shape index (κ2) is 7.81. The standard InChI is InChI=1S/C21H18ClN5O2/c1-13-20(28)26-17-9-16(22)19(10-18(17)24-13)27-8-7-14(12-27)11-23-21(29)25-15-5-3-2-4-6-15/h2-10,12H,11H2,1H3,(H,26,28)(H2,23,25,29). The Morgan fingerprint density at radius 1 is 1.21 bits per heavy atom. The molecular formula is C21H18ClN5O2. The zero-order valence-electron chi connectivity index (χ0n) is 15.6. The summed E-state index contributed by atoms with van der Waals surface area (Å²) in [5, 5.41) is 6.08. The maximum absolute atomic E-state index is 12.0. The number of nitrogens with zero attached hydrogens (tertiary/aromatic N) is 2. The molecule has 146 valence electrons. The summed E-state index contributed by atoms with van der Waals surface area (Å²) in [4.78, 5) is 30.9. The first-order valence-corrected chi connectivity index (χ1v) is 9.35. The number of aromatic amines is 1. The van der Waals surface area contributed by atoms with Crippen LogP contribution in [0, 0.1) is 6.92 Å². The van der Waals surface area contributed by atoms with Crippen LogP contribution in [0.3, 0.4) is 0 Å². The third-order valence-electron chi connectivity index (χ3n) is 4.45. The van der Waals surface area contributed by atoms with E-state index >= 15 is 0 Å². The molecule has 0 atom stereocenters. The van der Waals surface area contributed by atoms with Gasteiger partial charge in [0.05, 0.1) is 21.7 Å². The van der Waals surface area contributed by atoms with Crippen LogP contribution in [0.25, 0.3) is 16.7 Å². The number of hydrogen-bond acceptors (Lipinski definition) is 3. The highest BCUT2D eigenvalue weighted by Gasteiger charge is 2.09. The second-order valence-corrected chi connectivity index (χ2v) is 6.98. The Morgan fingerprint density at radius 3 is 2.79 bits per heavy atom. The molecule has 2 heterocycles. The average molecular weight is 408 g/mol. The lowest BCUT2D eigenvalue weighted by molar-refractivity contribution is 0.251. The van der Waals surface area contributed by atoms with Crippen molar-refractivity contribution in [1.29, 1.82) is 0 Å². The van der Waals surface area contributed by atoms with Gasteiger partial charge in [-0.05, 0) is 42.8 Å². The normalized spacial score (nSPS) is 10.8. The molecule has 29 heavy (non-hydrogen) atoms. The van der Waals surface area contributed by atoms with Gasteiger partial charge in [-0.15, -0.1) is 0 Å². The van der Waals surface area contributed by atoms with Crippen LogP contribution in [0.1, 0.15) is 11.3 Å². The first-order chi connectivity index (χ1) is 14.0. The molecule has 0 saturated heterocycles. The first kappa shape index (κ1) is 18.8. The summed E-state index contributed by atoms with van der Waals surface area (Å²) >= 11 is 6.41. The summed E-state index contributed by atoms with van der Waals surface area (Å²) in [5.74, 6) is 0. The zero-order chi connectivity index (χ0) is 20.4. The van der Waals surface area contributed by atoms with Crippen molar-refractivity contribution < 1.29 is 4.79 Å². The summed E-state index contributed by atoms with van der Waals surface area (Å²) in [5.41, 5.74) is 3.77. The molecule has 0 aliphatic carbocycles. The van der Waals surface area contributed by atoms with E-state index < -0.39 is 0 Å². The molecule has 0 saturated carbocycles. The second-order valence-electron chi connectivity index (χ2n) is 6.57. The molecule has 2 amide bonds. The van der Waals surface area contributed by atoms with Crippen molar-refractivity contribution in [3.05, 3.63) is 87.6 Å². The highest BCUT2D eigenvalue weighted by Crippen LogP contribution is 2.25. The molecule has 0 fully saturated rings. The number of aromatic nitrogens is 3. The van der Waals surface area contributed by atoms with Crippen LogP contribution in [0.15, 0.2) is 65.7 Å². The molecule has 0 aliphatic heterocycles. The molecule has 0 bridgehead atoms. The number of para-hydroxylation sites is 1. The minimum Gasteiger partial charge on any atom is -0.334 e. The van der Waals surface area contributed by atoms with E-state index in [9.17, 15) is 9.59 Å². The smallest absolute Gasteiger partial charge is 0.319 e. The van der Waals surface area contributed by atoms with Crippen LogP contribution >= 0.6 is 11.6 Å². The number of nitrogens with one attached hydrogen (secondary N) is 3. The summed E-state index contributed by atoms with van der Waals surface area (Å²) in [6, 6.07) is 14.4. The number of anilines is 1. The van der Waals surface area contributed by atoms with Crippen LogP contribution in [-0.4, -0.2) is 20.6 Å². The molecule has 2 aromatic carbocycles. The van der Waals surface area contributed by atoms with E-state index in [0.29, 0.717) is 28.3 Å². The minimum atomic E-state index is -0.281.